The van der Waals surface area contributed by atoms with E-state index in [0.717, 1.165) is 21.2 Å². The van der Waals surface area contributed by atoms with Gasteiger partial charge in [0.15, 0.2) is 0 Å². The first-order valence-corrected chi connectivity index (χ1v) is 11.4. The van der Waals surface area contributed by atoms with Crippen molar-refractivity contribution in [2.24, 2.45) is 0 Å². The number of thiophene rings is 1. The molecular formula is C26H21N3O3S. The van der Waals surface area contributed by atoms with Crippen molar-refractivity contribution in [2.75, 3.05) is 12.4 Å². The van der Waals surface area contributed by atoms with E-state index in [9.17, 15) is 14.4 Å². The van der Waals surface area contributed by atoms with Gasteiger partial charge in [-0.25, -0.2) is 0 Å². The third kappa shape index (κ3) is 3.47. The lowest BCUT2D eigenvalue weighted by molar-refractivity contribution is 0.0930. The lowest BCUT2D eigenvalue weighted by Crippen LogP contribution is -2.23. The molecule has 0 radical (unpaired) electrons. The molecule has 1 aromatic heterocycles. The summed E-state index contributed by atoms with van der Waals surface area (Å²) in [4.78, 5) is 38.8. The van der Waals surface area contributed by atoms with Crippen LogP contribution in [-0.2, 0) is 0 Å². The summed E-state index contributed by atoms with van der Waals surface area (Å²) in [6, 6.07) is 18.3. The zero-order chi connectivity index (χ0) is 23.1. The smallest absolute Gasteiger partial charge is 0.257 e. The molecule has 0 bridgehead atoms. The maximum Gasteiger partial charge on any atom is 0.257 e. The van der Waals surface area contributed by atoms with Crippen LogP contribution < -0.4 is 16.0 Å². The molecule has 0 aliphatic carbocycles. The Morgan fingerprint density at radius 1 is 0.939 bits per heavy atom. The Labute approximate surface area is 194 Å². The van der Waals surface area contributed by atoms with Crippen molar-refractivity contribution in [2.45, 2.75) is 13.0 Å². The van der Waals surface area contributed by atoms with Crippen molar-refractivity contribution in [3.05, 3.63) is 99.4 Å². The normalized spacial score (nSPS) is 14.6. The second-order valence-electron chi connectivity index (χ2n) is 7.89. The zero-order valence-electron chi connectivity index (χ0n) is 18.1. The predicted molar refractivity (Wildman–Crippen MR) is 130 cm³/mol. The van der Waals surface area contributed by atoms with Gasteiger partial charge in [-0.05, 0) is 36.2 Å². The van der Waals surface area contributed by atoms with E-state index in [2.05, 4.69) is 16.0 Å². The Hall–Kier alpha value is -3.97. The van der Waals surface area contributed by atoms with Crippen LogP contribution in [0.15, 0.2) is 66.0 Å². The molecule has 0 spiro atoms. The van der Waals surface area contributed by atoms with Gasteiger partial charge in [-0.1, -0.05) is 42.5 Å². The van der Waals surface area contributed by atoms with Gasteiger partial charge >= 0.3 is 0 Å². The van der Waals surface area contributed by atoms with Gasteiger partial charge < -0.3 is 16.0 Å². The number of carbonyl (C=O) groups excluding carboxylic acids is 3. The van der Waals surface area contributed by atoms with Crippen molar-refractivity contribution in [1.82, 2.24) is 10.6 Å². The highest BCUT2D eigenvalue weighted by molar-refractivity contribution is 7.17. The minimum atomic E-state index is -0.479. The summed E-state index contributed by atoms with van der Waals surface area (Å²) in [5.41, 5.74) is 4.16. The monoisotopic (exact) mass is 455 g/mol. The molecule has 3 aromatic carbocycles. The van der Waals surface area contributed by atoms with E-state index in [1.54, 1.807) is 12.1 Å². The molecule has 3 amide bonds. The average Bonchev–Trinajstić information content (AvgIpc) is 3.41. The summed E-state index contributed by atoms with van der Waals surface area (Å²) in [5.74, 6) is -0.951. The van der Waals surface area contributed by atoms with Crippen LogP contribution in [0, 0.1) is 6.92 Å². The Morgan fingerprint density at radius 2 is 1.70 bits per heavy atom. The fourth-order valence-corrected chi connectivity index (χ4v) is 5.30. The molecule has 6 nitrogen and oxygen atoms in total. The number of anilines is 1. The Balaban J connectivity index is 1.64. The predicted octanol–water partition coefficient (Wildman–Crippen LogP) is 4.65. The van der Waals surface area contributed by atoms with Crippen LogP contribution >= 0.6 is 11.3 Å². The molecule has 33 heavy (non-hydrogen) atoms. The molecule has 4 aromatic rings. The molecule has 164 valence electrons. The topological polar surface area (TPSA) is 87.3 Å². The van der Waals surface area contributed by atoms with Crippen molar-refractivity contribution in [3.63, 3.8) is 0 Å². The maximum absolute atomic E-state index is 13.3. The maximum atomic E-state index is 13.3. The Morgan fingerprint density at radius 3 is 2.48 bits per heavy atom. The highest BCUT2D eigenvalue weighted by atomic mass is 32.1. The number of rotatable bonds is 4. The van der Waals surface area contributed by atoms with Crippen molar-refractivity contribution in [3.8, 4) is 0 Å². The number of hydrogen-bond donors (Lipinski definition) is 3. The number of nitrogens with one attached hydrogen (secondary N) is 3. The van der Waals surface area contributed by atoms with E-state index < -0.39 is 6.04 Å². The highest BCUT2D eigenvalue weighted by Gasteiger charge is 2.37. The number of amides is 3. The third-order valence-corrected chi connectivity index (χ3v) is 6.95. The molecule has 7 heteroatoms. The molecule has 5 rings (SSSR count). The number of aryl methyl sites for hydroxylation is 1. The van der Waals surface area contributed by atoms with E-state index >= 15 is 0 Å². The molecule has 0 saturated carbocycles. The average molecular weight is 456 g/mol. The van der Waals surface area contributed by atoms with Gasteiger partial charge in [-0.2, -0.15) is 0 Å². The van der Waals surface area contributed by atoms with Gasteiger partial charge in [0, 0.05) is 33.8 Å². The van der Waals surface area contributed by atoms with Crippen molar-refractivity contribution < 1.29 is 14.4 Å². The van der Waals surface area contributed by atoms with Crippen LogP contribution in [0.5, 0.6) is 0 Å². The summed E-state index contributed by atoms with van der Waals surface area (Å²) >= 11 is 1.51. The van der Waals surface area contributed by atoms with Gasteiger partial charge in [-0.3, -0.25) is 14.4 Å². The lowest BCUT2D eigenvalue weighted by atomic mass is 9.91. The van der Waals surface area contributed by atoms with Gasteiger partial charge in [0.05, 0.1) is 22.7 Å². The van der Waals surface area contributed by atoms with Gasteiger partial charge in [0.25, 0.3) is 17.7 Å². The SMILES string of the molecule is CNC(=O)c1ccc(NC(=O)c2csc3ccccc23)c2c1C(=O)NC2c1ccccc1C. The summed E-state index contributed by atoms with van der Waals surface area (Å²) in [7, 11) is 1.53. The molecule has 0 saturated heterocycles. The largest absolute Gasteiger partial charge is 0.355 e. The molecule has 1 atom stereocenters. The quantitative estimate of drug-likeness (QED) is 0.418. The minimum absolute atomic E-state index is 0.259. The van der Waals surface area contributed by atoms with Crippen LogP contribution in [-0.4, -0.2) is 24.8 Å². The first-order valence-electron chi connectivity index (χ1n) is 10.5. The number of hydrogen-bond acceptors (Lipinski definition) is 4. The number of benzene rings is 3. The van der Waals surface area contributed by atoms with Gasteiger partial charge in [-0.15, -0.1) is 11.3 Å². The van der Waals surface area contributed by atoms with Gasteiger partial charge in [0.1, 0.15) is 0 Å². The Kier molecular flexibility index (Phi) is 5.18. The summed E-state index contributed by atoms with van der Waals surface area (Å²) in [6.07, 6.45) is 0. The standard InChI is InChI=1S/C26H21N3O3S/c1-14-7-3-4-8-15(14)23-22-19(12-11-17(24(30)27-2)21(22)26(32)29-23)28-25(31)18-13-33-20-10-6-5-9-16(18)20/h3-13,23H,1-2H3,(H,27,30)(H,28,31)(H,29,32). The van der Waals surface area contributed by atoms with E-state index in [4.69, 9.17) is 0 Å². The number of carbonyl (C=O) groups is 3. The van der Waals surface area contributed by atoms with Gasteiger partial charge in [0.2, 0.25) is 0 Å². The summed E-state index contributed by atoms with van der Waals surface area (Å²) in [5, 5.41) is 11.3. The van der Waals surface area contributed by atoms with E-state index in [-0.39, 0.29) is 28.8 Å². The van der Waals surface area contributed by atoms with Crippen molar-refractivity contribution in [1.29, 1.82) is 0 Å². The summed E-state index contributed by atoms with van der Waals surface area (Å²) < 4.78 is 1.03. The van der Waals surface area contributed by atoms with Crippen molar-refractivity contribution >= 4 is 44.8 Å². The van der Waals surface area contributed by atoms with Crippen LogP contribution in [0.3, 0.4) is 0 Å². The zero-order valence-corrected chi connectivity index (χ0v) is 18.9. The molecule has 1 aliphatic rings. The second-order valence-corrected chi connectivity index (χ2v) is 8.80. The molecule has 0 fully saturated rings. The number of fused-ring (bicyclic) bond motifs is 2. The molecule has 3 N–H and O–H groups in total. The van der Waals surface area contributed by atoms with E-state index in [1.165, 1.54) is 18.4 Å². The van der Waals surface area contributed by atoms with E-state index in [0.29, 0.717) is 16.8 Å². The Bertz CT molecular complexity index is 1440. The highest BCUT2D eigenvalue weighted by Crippen LogP contribution is 2.39. The molecule has 1 aliphatic heterocycles. The first-order chi connectivity index (χ1) is 16.0. The van der Waals surface area contributed by atoms with Crippen LogP contribution in [0.2, 0.25) is 0 Å². The van der Waals surface area contributed by atoms with Crippen LogP contribution in [0.25, 0.3) is 10.1 Å². The van der Waals surface area contributed by atoms with Crippen LogP contribution in [0.1, 0.15) is 53.8 Å². The minimum Gasteiger partial charge on any atom is -0.355 e. The van der Waals surface area contributed by atoms with E-state index in [1.807, 2.05) is 60.8 Å². The fourth-order valence-electron chi connectivity index (χ4n) is 4.36. The first kappa shape index (κ1) is 20.9. The van der Waals surface area contributed by atoms with Crippen LogP contribution in [0.4, 0.5) is 5.69 Å². The molecular weight excluding hydrogens is 434 g/mol. The molecule has 1 unspecified atom stereocenters. The second kappa shape index (κ2) is 8.18. The summed E-state index contributed by atoms with van der Waals surface area (Å²) in [6.45, 7) is 1.97. The fraction of sp³-hybridized carbons (Fsp3) is 0.115. The third-order valence-electron chi connectivity index (χ3n) is 5.98. The molecule has 2 heterocycles. The lowest BCUT2D eigenvalue weighted by Gasteiger charge is -2.19.